The molecule has 36 heavy (non-hydrogen) atoms. The molecule has 0 bridgehead atoms. The largest absolute Gasteiger partial charge is 0.372 e. The molecule has 0 aliphatic heterocycles. The van der Waals surface area contributed by atoms with Crippen molar-refractivity contribution in [1.82, 2.24) is 4.98 Å². The van der Waals surface area contributed by atoms with Gasteiger partial charge in [0.25, 0.3) is 5.56 Å². The van der Waals surface area contributed by atoms with Gasteiger partial charge in [0.15, 0.2) is 0 Å². The maximum atomic E-state index is 12.7. The Morgan fingerprint density at radius 1 is 1.06 bits per heavy atom. The van der Waals surface area contributed by atoms with Crippen LogP contribution in [0.25, 0.3) is 29.1 Å². The van der Waals surface area contributed by atoms with E-state index in [0.29, 0.717) is 16.7 Å². The molecule has 0 fully saturated rings. The number of rotatable bonds is 11. The van der Waals surface area contributed by atoms with Crippen molar-refractivity contribution < 1.29 is 0 Å². The lowest BCUT2D eigenvalue weighted by molar-refractivity contribution is 0.698. The van der Waals surface area contributed by atoms with Crippen molar-refractivity contribution in [2.24, 2.45) is 5.92 Å². The molecule has 0 radical (unpaired) electrons. The Labute approximate surface area is 215 Å². The minimum Gasteiger partial charge on any atom is -0.372 e. The van der Waals surface area contributed by atoms with Crippen LogP contribution in [-0.4, -0.2) is 18.1 Å². The fourth-order valence-electron chi connectivity index (χ4n) is 4.34. The number of H-pyrrole nitrogens is 1. The third-order valence-electron chi connectivity index (χ3n) is 6.64. The lowest BCUT2D eigenvalue weighted by atomic mass is 9.99. The first-order valence-corrected chi connectivity index (χ1v) is 13.2. The molecule has 1 unspecified atom stereocenters. The van der Waals surface area contributed by atoms with E-state index < -0.39 is 0 Å². The average molecular weight is 484 g/mol. The van der Waals surface area contributed by atoms with Crippen LogP contribution in [0.15, 0.2) is 65.5 Å². The Hall–Kier alpha value is -3.53. The monoisotopic (exact) mass is 483 g/mol. The van der Waals surface area contributed by atoms with Gasteiger partial charge in [-0.05, 0) is 78.6 Å². The van der Waals surface area contributed by atoms with Crippen molar-refractivity contribution in [2.75, 3.05) is 23.3 Å². The lowest BCUT2D eigenvalue weighted by Crippen LogP contribution is -2.34. The number of allylic oxidation sites excluding steroid dienone is 4. The molecule has 190 valence electrons. The summed E-state index contributed by atoms with van der Waals surface area (Å²) in [6, 6.07) is 14.6. The van der Waals surface area contributed by atoms with Crippen molar-refractivity contribution >= 4 is 40.5 Å². The lowest BCUT2D eigenvalue weighted by Gasteiger charge is -2.23. The van der Waals surface area contributed by atoms with Crippen LogP contribution in [0.5, 0.6) is 0 Å². The highest BCUT2D eigenvalue weighted by Gasteiger charge is 2.07. The molecule has 3 rings (SSSR count). The SMILES string of the molecule is C=c1[nH]c(=O)c2ccc(C(/C=C\C(C)CC)=C/C)cc2/c1=C/Nc1ccc(N(CCC)CCC)cc1. The number of nitrogens with zero attached hydrogens (tertiary/aromatic N) is 1. The van der Waals surface area contributed by atoms with Gasteiger partial charge in [0.2, 0.25) is 0 Å². The van der Waals surface area contributed by atoms with Crippen molar-refractivity contribution in [1.29, 1.82) is 0 Å². The second-order valence-corrected chi connectivity index (χ2v) is 9.42. The predicted molar refractivity (Wildman–Crippen MR) is 159 cm³/mol. The van der Waals surface area contributed by atoms with Gasteiger partial charge in [-0.15, -0.1) is 0 Å². The molecule has 0 spiro atoms. The zero-order chi connectivity index (χ0) is 26.1. The Kier molecular flexibility index (Phi) is 9.75. The summed E-state index contributed by atoms with van der Waals surface area (Å²) in [5.74, 6) is 0.519. The number of hydrogen-bond donors (Lipinski definition) is 2. The predicted octanol–water partition coefficient (Wildman–Crippen LogP) is 6.42. The van der Waals surface area contributed by atoms with Crippen LogP contribution in [0, 0.1) is 5.92 Å². The summed E-state index contributed by atoms with van der Waals surface area (Å²) in [5, 5.41) is 6.45. The van der Waals surface area contributed by atoms with E-state index in [4.69, 9.17) is 0 Å². The second-order valence-electron chi connectivity index (χ2n) is 9.42. The van der Waals surface area contributed by atoms with Crippen molar-refractivity contribution in [3.8, 4) is 0 Å². The number of pyridine rings is 1. The van der Waals surface area contributed by atoms with Crippen LogP contribution in [0.4, 0.5) is 11.4 Å². The first kappa shape index (κ1) is 27.1. The molecule has 0 saturated heterocycles. The van der Waals surface area contributed by atoms with Crippen molar-refractivity contribution in [2.45, 2.75) is 53.9 Å². The smallest absolute Gasteiger partial charge is 0.256 e. The molecule has 1 aromatic heterocycles. The number of aromatic amines is 1. The molecule has 2 aromatic carbocycles. The summed E-state index contributed by atoms with van der Waals surface area (Å²) in [6.45, 7) is 17.1. The van der Waals surface area contributed by atoms with Crippen LogP contribution in [0.2, 0.25) is 0 Å². The molecule has 4 nitrogen and oxygen atoms in total. The van der Waals surface area contributed by atoms with Gasteiger partial charge in [-0.1, -0.05) is 65.0 Å². The van der Waals surface area contributed by atoms with Crippen LogP contribution < -0.4 is 26.3 Å². The van der Waals surface area contributed by atoms with E-state index in [1.54, 1.807) is 0 Å². The molecule has 1 heterocycles. The summed E-state index contributed by atoms with van der Waals surface area (Å²) in [4.78, 5) is 18.0. The number of anilines is 2. The maximum Gasteiger partial charge on any atom is 0.256 e. The standard InChI is InChI=1S/C32H41N3O/c1-7-19-35(20-8-2)28-16-14-27(15-17-28)33-22-31-24(6)34-32(36)29-18-13-26(21-30(29)31)25(10-4)12-11-23(5)9-3/h10-18,21-23,33H,6-9,19-20H2,1-5H3,(H,34,36)/b12-11-,25-10+,31-22+. The number of nitrogens with one attached hydrogen (secondary N) is 2. The van der Waals surface area contributed by atoms with E-state index in [1.165, 1.54) is 5.69 Å². The average Bonchev–Trinajstić information content (AvgIpc) is 2.88. The van der Waals surface area contributed by atoms with Crippen LogP contribution >= 0.6 is 0 Å². The molecule has 4 heteroatoms. The molecule has 0 amide bonds. The summed E-state index contributed by atoms with van der Waals surface area (Å²) in [7, 11) is 0. The van der Waals surface area contributed by atoms with Gasteiger partial charge in [-0.25, -0.2) is 0 Å². The highest BCUT2D eigenvalue weighted by molar-refractivity contribution is 5.88. The van der Waals surface area contributed by atoms with E-state index in [-0.39, 0.29) is 5.56 Å². The van der Waals surface area contributed by atoms with Gasteiger partial charge >= 0.3 is 0 Å². The topological polar surface area (TPSA) is 48.1 Å². The Bertz CT molecular complexity index is 1370. The van der Waals surface area contributed by atoms with Crippen molar-refractivity contribution in [3.63, 3.8) is 0 Å². The Morgan fingerprint density at radius 3 is 2.36 bits per heavy atom. The minimum absolute atomic E-state index is 0.118. The summed E-state index contributed by atoms with van der Waals surface area (Å²) < 4.78 is 0. The highest BCUT2D eigenvalue weighted by atomic mass is 16.1. The third-order valence-corrected chi connectivity index (χ3v) is 6.64. The van der Waals surface area contributed by atoms with E-state index in [0.717, 1.165) is 59.8 Å². The molecular formula is C32H41N3O. The van der Waals surface area contributed by atoms with Gasteiger partial charge < -0.3 is 15.2 Å². The molecule has 0 saturated carbocycles. The van der Waals surface area contributed by atoms with Crippen molar-refractivity contribution in [3.05, 3.63) is 87.2 Å². The molecular weight excluding hydrogens is 442 g/mol. The van der Waals surface area contributed by atoms with E-state index in [1.807, 2.05) is 25.3 Å². The van der Waals surface area contributed by atoms with E-state index >= 15 is 0 Å². The van der Waals surface area contributed by atoms with Crippen LogP contribution in [0.3, 0.4) is 0 Å². The number of aromatic nitrogens is 1. The molecule has 0 aliphatic rings. The Balaban J connectivity index is 2.00. The zero-order valence-electron chi connectivity index (χ0n) is 22.5. The van der Waals surface area contributed by atoms with Crippen LogP contribution in [0.1, 0.15) is 59.4 Å². The van der Waals surface area contributed by atoms with Gasteiger partial charge in [0, 0.05) is 46.6 Å². The summed E-state index contributed by atoms with van der Waals surface area (Å²) >= 11 is 0. The van der Waals surface area contributed by atoms with Crippen LogP contribution in [-0.2, 0) is 0 Å². The van der Waals surface area contributed by atoms with E-state index in [9.17, 15) is 4.79 Å². The molecule has 0 aliphatic carbocycles. The maximum absolute atomic E-state index is 12.7. The third kappa shape index (κ3) is 6.57. The minimum atomic E-state index is -0.118. The van der Waals surface area contributed by atoms with E-state index in [2.05, 4.69) is 98.0 Å². The fraction of sp³-hybridized carbons (Fsp3) is 0.344. The molecule has 3 aromatic rings. The van der Waals surface area contributed by atoms with Gasteiger partial charge in [0.05, 0.1) is 0 Å². The number of fused-ring (bicyclic) bond motifs is 1. The second kappa shape index (κ2) is 13.0. The highest BCUT2D eigenvalue weighted by Crippen LogP contribution is 2.21. The Morgan fingerprint density at radius 2 is 1.75 bits per heavy atom. The number of hydrogen-bond acceptors (Lipinski definition) is 3. The fourth-order valence-corrected chi connectivity index (χ4v) is 4.34. The normalized spacial score (nSPS) is 13.5. The van der Waals surface area contributed by atoms with Gasteiger partial charge in [-0.3, -0.25) is 4.79 Å². The quantitative estimate of drug-likeness (QED) is 0.309. The first-order valence-electron chi connectivity index (χ1n) is 13.2. The zero-order valence-corrected chi connectivity index (χ0v) is 22.5. The summed E-state index contributed by atoms with van der Waals surface area (Å²) in [6.07, 6.45) is 11.8. The molecule has 1 atom stereocenters. The molecule has 2 N–H and O–H groups in total. The summed E-state index contributed by atoms with van der Waals surface area (Å²) in [5.41, 5.74) is 4.34. The number of benzene rings is 2. The first-order chi connectivity index (χ1) is 17.4. The van der Waals surface area contributed by atoms with Gasteiger partial charge in [-0.2, -0.15) is 0 Å². The van der Waals surface area contributed by atoms with Gasteiger partial charge in [0.1, 0.15) is 0 Å².